The minimum atomic E-state index is -0.525. The van der Waals surface area contributed by atoms with Crippen LogP contribution in [0.4, 0.5) is 0 Å². The van der Waals surface area contributed by atoms with Gasteiger partial charge >= 0.3 is 0 Å². The largest absolute Gasteiger partial charge is 0.491 e. The quantitative estimate of drug-likeness (QED) is 0.742. The van der Waals surface area contributed by atoms with Gasteiger partial charge in [-0.1, -0.05) is 18.2 Å². The van der Waals surface area contributed by atoms with Crippen molar-refractivity contribution in [1.29, 1.82) is 0 Å². The van der Waals surface area contributed by atoms with Gasteiger partial charge in [0.1, 0.15) is 18.5 Å². The van der Waals surface area contributed by atoms with E-state index in [1.165, 1.54) is 9.75 Å². The number of benzene rings is 1. The zero-order valence-electron chi connectivity index (χ0n) is 14.8. The van der Waals surface area contributed by atoms with Gasteiger partial charge in [-0.15, -0.1) is 11.3 Å². The molecule has 136 valence electrons. The minimum absolute atomic E-state index is 0.281. The first-order valence-corrected chi connectivity index (χ1v) is 9.76. The van der Waals surface area contributed by atoms with Crippen LogP contribution < -0.4 is 4.74 Å². The van der Waals surface area contributed by atoms with Gasteiger partial charge in [-0.05, 0) is 44.0 Å². The predicted octanol–water partition coefficient (Wildman–Crippen LogP) is 3.48. The second kappa shape index (κ2) is 9.34. The van der Waals surface area contributed by atoms with E-state index in [4.69, 9.17) is 9.47 Å². The fourth-order valence-corrected chi connectivity index (χ4v) is 4.06. The molecule has 0 radical (unpaired) electrons. The second-order valence-corrected chi connectivity index (χ2v) is 7.99. The fraction of sp³-hybridized carbons (Fsp3) is 0.500. The van der Waals surface area contributed by atoms with E-state index in [2.05, 4.69) is 24.0 Å². The molecule has 1 fully saturated rings. The number of aliphatic hydroxyl groups excluding tert-OH is 1. The minimum Gasteiger partial charge on any atom is -0.491 e. The van der Waals surface area contributed by atoms with Crippen molar-refractivity contribution in [2.24, 2.45) is 0 Å². The molecular weight excluding hydrogens is 334 g/mol. The maximum atomic E-state index is 10.4. The average Bonchev–Trinajstić information content (AvgIpc) is 3.26. The van der Waals surface area contributed by atoms with E-state index in [0.717, 1.165) is 38.3 Å². The van der Waals surface area contributed by atoms with Crippen LogP contribution in [0.5, 0.6) is 5.75 Å². The number of nitrogens with zero attached hydrogens (tertiary/aromatic N) is 1. The maximum absolute atomic E-state index is 10.4. The van der Waals surface area contributed by atoms with Gasteiger partial charge in [-0.3, -0.25) is 4.90 Å². The molecule has 0 amide bonds. The summed E-state index contributed by atoms with van der Waals surface area (Å²) in [6.45, 7) is 5.58. The highest BCUT2D eigenvalue weighted by Crippen LogP contribution is 2.20. The highest BCUT2D eigenvalue weighted by molar-refractivity contribution is 7.11. The Morgan fingerprint density at radius 3 is 2.80 bits per heavy atom. The molecular formula is C20H27NO3S. The first-order chi connectivity index (χ1) is 12.2. The Balaban J connectivity index is 1.53. The third-order valence-corrected chi connectivity index (χ3v) is 5.30. The lowest BCUT2D eigenvalue weighted by Crippen LogP contribution is -2.39. The number of aryl methyl sites for hydroxylation is 1. The highest BCUT2D eigenvalue weighted by Gasteiger charge is 2.21. The molecule has 1 N–H and O–H groups in total. The van der Waals surface area contributed by atoms with Crippen LogP contribution in [0.3, 0.4) is 0 Å². The maximum Gasteiger partial charge on any atom is 0.119 e. The third-order valence-electron chi connectivity index (χ3n) is 4.32. The van der Waals surface area contributed by atoms with Crippen LogP contribution in [0.25, 0.3) is 0 Å². The molecule has 0 saturated carbocycles. The number of para-hydroxylation sites is 1. The summed E-state index contributed by atoms with van der Waals surface area (Å²) in [5.41, 5.74) is 0. The van der Waals surface area contributed by atoms with Gasteiger partial charge in [-0.25, -0.2) is 0 Å². The van der Waals surface area contributed by atoms with Crippen LogP contribution in [-0.2, 0) is 11.3 Å². The monoisotopic (exact) mass is 361 g/mol. The van der Waals surface area contributed by atoms with Crippen molar-refractivity contribution in [1.82, 2.24) is 4.90 Å². The van der Waals surface area contributed by atoms with Crippen molar-refractivity contribution in [2.45, 2.75) is 38.5 Å². The molecule has 5 heteroatoms. The molecule has 1 aliphatic rings. The van der Waals surface area contributed by atoms with E-state index in [9.17, 15) is 5.11 Å². The molecule has 2 atom stereocenters. The molecule has 3 rings (SSSR count). The van der Waals surface area contributed by atoms with Crippen molar-refractivity contribution < 1.29 is 14.6 Å². The molecule has 0 spiro atoms. The van der Waals surface area contributed by atoms with Gasteiger partial charge in [0.25, 0.3) is 0 Å². The molecule has 4 nitrogen and oxygen atoms in total. The molecule has 1 aliphatic heterocycles. The van der Waals surface area contributed by atoms with Crippen LogP contribution in [-0.4, -0.2) is 48.5 Å². The standard InChI is InChI=1S/C20H27NO3S/c1-16-9-10-20(25-16)14-21(13-19-8-5-11-23-19)12-17(22)15-24-18-6-3-2-4-7-18/h2-4,6-7,9-10,17,19,22H,5,8,11-15H2,1H3/t17-,19+/m1/s1. The lowest BCUT2D eigenvalue weighted by atomic mass is 10.2. The molecule has 0 bridgehead atoms. The van der Waals surface area contributed by atoms with Crippen LogP contribution >= 0.6 is 11.3 Å². The third kappa shape index (κ3) is 6.12. The first kappa shape index (κ1) is 18.4. The van der Waals surface area contributed by atoms with E-state index in [1.54, 1.807) is 0 Å². The number of aliphatic hydroxyl groups is 1. The van der Waals surface area contributed by atoms with E-state index >= 15 is 0 Å². The molecule has 2 aromatic rings. The van der Waals surface area contributed by atoms with Crippen LogP contribution in [0.1, 0.15) is 22.6 Å². The van der Waals surface area contributed by atoms with E-state index in [0.29, 0.717) is 13.2 Å². The zero-order valence-corrected chi connectivity index (χ0v) is 15.6. The molecule has 0 unspecified atom stereocenters. The van der Waals surface area contributed by atoms with Gasteiger partial charge in [0, 0.05) is 36.0 Å². The summed E-state index contributed by atoms with van der Waals surface area (Å²) >= 11 is 1.82. The van der Waals surface area contributed by atoms with Crippen molar-refractivity contribution in [3.8, 4) is 5.75 Å². The normalized spacial score (nSPS) is 18.6. The number of ether oxygens (including phenoxy) is 2. The lowest BCUT2D eigenvalue weighted by molar-refractivity contribution is 0.0317. The van der Waals surface area contributed by atoms with Crippen molar-refractivity contribution >= 4 is 11.3 Å². The number of hydrogen-bond acceptors (Lipinski definition) is 5. The zero-order chi connectivity index (χ0) is 17.5. The van der Waals surface area contributed by atoms with Gasteiger partial charge in [0.05, 0.1) is 6.10 Å². The second-order valence-electron chi connectivity index (χ2n) is 6.62. The Hall–Kier alpha value is -1.40. The summed E-state index contributed by atoms with van der Waals surface area (Å²) in [6, 6.07) is 14.0. The number of thiophene rings is 1. The Morgan fingerprint density at radius 1 is 1.28 bits per heavy atom. The van der Waals surface area contributed by atoms with Crippen LogP contribution in [0.2, 0.25) is 0 Å². The van der Waals surface area contributed by atoms with Crippen LogP contribution in [0.15, 0.2) is 42.5 Å². The van der Waals surface area contributed by atoms with Gasteiger partial charge in [-0.2, -0.15) is 0 Å². The lowest BCUT2D eigenvalue weighted by Gasteiger charge is -2.27. The SMILES string of the molecule is Cc1ccc(CN(C[C@@H](O)COc2ccccc2)C[C@@H]2CCCO2)s1. The average molecular weight is 362 g/mol. The van der Waals surface area contributed by atoms with E-state index < -0.39 is 6.10 Å². The Kier molecular flexibility index (Phi) is 6.87. The fourth-order valence-electron chi connectivity index (χ4n) is 3.13. The molecule has 0 aliphatic carbocycles. The molecule has 1 aromatic carbocycles. The molecule has 1 aromatic heterocycles. The number of rotatable bonds is 9. The van der Waals surface area contributed by atoms with Crippen molar-refractivity contribution in [3.63, 3.8) is 0 Å². The van der Waals surface area contributed by atoms with E-state index in [1.807, 2.05) is 41.7 Å². The Labute approximate surface area is 154 Å². The Morgan fingerprint density at radius 2 is 2.12 bits per heavy atom. The summed E-state index contributed by atoms with van der Waals surface area (Å²) in [7, 11) is 0. The smallest absolute Gasteiger partial charge is 0.119 e. The summed E-state index contributed by atoms with van der Waals surface area (Å²) < 4.78 is 11.5. The summed E-state index contributed by atoms with van der Waals surface area (Å²) in [5.74, 6) is 0.793. The van der Waals surface area contributed by atoms with Gasteiger partial charge in [0.2, 0.25) is 0 Å². The topological polar surface area (TPSA) is 41.9 Å². The summed E-state index contributed by atoms with van der Waals surface area (Å²) in [5, 5.41) is 10.4. The Bertz CT molecular complexity index is 625. The van der Waals surface area contributed by atoms with Crippen molar-refractivity contribution in [2.75, 3.05) is 26.3 Å². The first-order valence-electron chi connectivity index (χ1n) is 8.94. The highest BCUT2D eigenvalue weighted by atomic mass is 32.1. The molecule has 25 heavy (non-hydrogen) atoms. The summed E-state index contributed by atoms with van der Waals surface area (Å²) in [6.07, 6.45) is 2.00. The number of hydrogen-bond donors (Lipinski definition) is 1. The van der Waals surface area contributed by atoms with Gasteiger partial charge < -0.3 is 14.6 Å². The predicted molar refractivity (Wildman–Crippen MR) is 101 cm³/mol. The van der Waals surface area contributed by atoms with Gasteiger partial charge in [0.15, 0.2) is 0 Å². The molecule has 1 saturated heterocycles. The molecule has 2 heterocycles. The summed E-state index contributed by atoms with van der Waals surface area (Å²) in [4.78, 5) is 4.94. The van der Waals surface area contributed by atoms with E-state index in [-0.39, 0.29) is 6.10 Å². The van der Waals surface area contributed by atoms with Crippen LogP contribution in [0, 0.1) is 6.92 Å². The van der Waals surface area contributed by atoms with Crippen molar-refractivity contribution in [3.05, 3.63) is 52.2 Å².